The molecular weight excluding hydrogens is 275 g/mol. The first-order valence-corrected chi connectivity index (χ1v) is 6.68. The molecule has 0 amide bonds. The van der Waals surface area contributed by atoms with E-state index in [4.69, 9.17) is 4.74 Å². The standard InChI is InChI=1S/C14H15FN4O2/c1-10-11-2-3-12(19(11)18-9-17-10)14(7-16)5-4-13(6-15,8-20)21-14/h2-3,9,20H,4-6,8H2,1H3/t13-,14+/m1/s1. The van der Waals surface area contributed by atoms with Gasteiger partial charge in [-0.3, -0.25) is 0 Å². The number of hydrogen-bond acceptors (Lipinski definition) is 5. The van der Waals surface area contributed by atoms with Crippen molar-refractivity contribution in [1.29, 1.82) is 5.26 Å². The largest absolute Gasteiger partial charge is 0.393 e. The van der Waals surface area contributed by atoms with Crippen LogP contribution in [-0.4, -0.2) is 38.6 Å². The highest BCUT2D eigenvalue weighted by Gasteiger charge is 2.52. The van der Waals surface area contributed by atoms with E-state index in [-0.39, 0.29) is 6.42 Å². The maximum Gasteiger partial charge on any atom is 0.197 e. The predicted molar refractivity (Wildman–Crippen MR) is 71.1 cm³/mol. The van der Waals surface area contributed by atoms with Crippen molar-refractivity contribution in [2.75, 3.05) is 13.3 Å². The molecule has 0 bridgehead atoms. The smallest absolute Gasteiger partial charge is 0.197 e. The third-order valence-corrected chi connectivity index (χ3v) is 4.09. The number of aryl methyl sites for hydroxylation is 1. The first-order valence-electron chi connectivity index (χ1n) is 6.68. The normalized spacial score (nSPS) is 28.9. The fourth-order valence-electron chi connectivity index (χ4n) is 2.80. The van der Waals surface area contributed by atoms with Crippen molar-refractivity contribution in [3.8, 4) is 6.07 Å². The summed E-state index contributed by atoms with van der Waals surface area (Å²) < 4.78 is 20.5. The zero-order valence-corrected chi connectivity index (χ0v) is 11.6. The molecule has 0 unspecified atom stereocenters. The summed E-state index contributed by atoms with van der Waals surface area (Å²) in [5.41, 5.74) is -0.521. The van der Waals surface area contributed by atoms with Crippen LogP contribution in [0.4, 0.5) is 4.39 Å². The van der Waals surface area contributed by atoms with Crippen LogP contribution in [0.5, 0.6) is 0 Å². The Bertz CT molecular complexity index is 719. The molecule has 6 nitrogen and oxygen atoms in total. The highest BCUT2D eigenvalue weighted by molar-refractivity contribution is 5.53. The molecule has 0 radical (unpaired) electrons. The van der Waals surface area contributed by atoms with Gasteiger partial charge in [-0.2, -0.15) is 10.4 Å². The van der Waals surface area contributed by atoms with Crippen molar-refractivity contribution in [2.45, 2.75) is 31.0 Å². The summed E-state index contributed by atoms with van der Waals surface area (Å²) >= 11 is 0. The van der Waals surface area contributed by atoms with Gasteiger partial charge in [-0.25, -0.2) is 13.9 Å². The first kappa shape index (κ1) is 13.9. The van der Waals surface area contributed by atoms with Gasteiger partial charge < -0.3 is 9.84 Å². The average Bonchev–Trinajstić information content (AvgIpc) is 3.11. The molecule has 3 heterocycles. The predicted octanol–water partition coefficient (Wildman–Crippen LogP) is 1.27. The van der Waals surface area contributed by atoms with Crippen LogP contribution in [0.15, 0.2) is 18.5 Å². The molecule has 2 aromatic heterocycles. The van der Waals surface area contributed by atoms with Crippen LogP contribution in [0.25, 0.3) is 5.52 Å². The van der Waals surface area contributed by atoms with E-state index in [0.717, 1.165) is 11.2 Å². The number of ether oxygens (including phenoxy) is 1. The van der Waals surface area contributed by atoms with Gasteiger partial charge in [0.25, 0.3) is 0 Å². The maximum absolute atomic E-state index is 13.2. The summed E-state index contributed by atoms with van der Waals surface area (Å²) in [5, 5.41) is 23.2. The lowest BCUT2D eigenvalue weighted by Crippen LogP contribution is -2.39. The molecule has 1 N–H and O–H groups in total. The van der Waals surface area contributed by atoms with Crippen molar-refractivity contribution >= 4 is 5.52 Å². The molecule has 1 saturated heterocycles. The monoisotopic (exact) mass is 290 g/mol. The minimum atomic E-state index is -1.30. The van der Waals surface area contributed by atoms with Crippen LogP contribution >= 0.6 is 0 Å². The molecule has 3 rings (SSSR count). The van der Waals surface area contributed by atoms with Gasteiger partial charge in [-0.1, -0.05) is 0 Å². The van der Waals surface area contributed by atoms with Crippen LogP contribution < -0.4 is 0 Å². The van der Waals surface area contributed by atoms with E-state index in [0.29, 0.717) is 12.1 Å². The molecule has 2 aromatic rings. The Morgan fingerprint density at radius 3 is 2.95 bits per heavy atom. The van der Waals surface area contributed by atoms with Crippen molar-refractivity contribution in [3.63, 3.8) is 0 Å². The number of aromatic nitrogens is 3. The topological polar surface area (TPSA) is 83.4 Å². The summed E-state index contributed by atoms with van der Waals surface area (Å²) in [6.07, 6.45) is 1.99. The second kappa shape index (κ2) is 4.76. The lowest BCUT2D eigenvalue weighted by atomic mass is 9.95. The average molecular weight is 290 g/mol. The zero-order chi connectivity index (χ0) is 15.1. The quantitative estimate of drug-likeness (QED) is 0.920. The number of nitrogens with zero attached hydrogens (tertiary/aromatic N) is 4. The Hall–Kier alpha value is -2.04. The molecule has 21 heavy (non-hydrogen) atoms. The Morgan fingerprint density at radius 1 is 1.52 bits per heavy atom. The van der Waals surface area contributed by atoms with Crippen LogP contribution in [0.3, 0.4) is 0 Å². The molecular formula is C14H15FN4O2. The lowest BCUT2D eigenvalue weighted by Gasteiger charge is -2.27. The van der Waals surface area contributed by atoms with Gasteiger partial charge in [0.15, 0.2) is 5.60 Å². The van der Waals surface area contributed by atoms with Gasteiger partial charge >= 0.3 is 0 Å². The Balaban J connectivity index is 2.13. The molecule has 0 aromatic carbocycles. The van der Waals surface area contributed by atoms with Gasteiger partial charge in [0.1, 0.15) is 24.7 Å². The molecule has 110 valence electrons. The van der Waals surface area contributed by atoms with Gasteiger partial charge in [0, 0.05) is 0 Å². The van der Waals surface area contributed by atoms with Crippen molar-refractivity contribution in [1.82, 2.24) is 14.6 Å². The molecule has 7 heteroatoms. The lowest BCUT2D eigenvalue weighted by molar-refractivity contribution is -0.116. The minimum absolute atomic E-state index is 0.283. The number of halogens is 1. The number of rotatable bonds is 3. The van der Waals surface area contributed by atoms with Gasteiger partial charge in [-0.15, -0.1) is 0 Å². The third kappa shape index (κ3) is 1.91. The molecule has 2 atom stereocenters. The number of nitriles is 1. The van der Waals surface area contributed by atoms with Crippen LogP contribution in [0.2, 0.25) is 0 Å². The Morgan fingerprint density at radius 2 is 2.33 bits per heavy atom. The van der Waals surface area contributed by atoms with Crippen molar-refractivity contribution in [3.05, 3.63) is 29.8 Å². The minimum Gasteiger partial charge on any atom is -0.393 e. The highest BCUT2D eigenvalue weighted by atomic mass is 19.1. The number of hydrogen-bond donors (Lipinski definition) is 1. The van der Waals surface area contributed by atoms with E-state index >= 15 is 0 Å². The molecule has 1 fully saturated rings. The van der Waals surface area contributed by atoms with Crippen LogP contribution in [-0.2, 0) is 10.3 Å². The first-order chi connectivity index (χ1) is 10.1. The number of aliphatic hydroxyl groups is 1. The Labute approximate surface area is 120 Å². The molecule has 0 aliphatic carbocycles. The van der Waals surface area contributed by atoms with E-state index in [1.807, 2.05) is 13.0 Å². The van der Waals surface area contributed by atoms with Crippen LogP contribution in [0, 0.1) is 18.3 Å². The maximum atomic E-state index is 13.2. The third-order valence-electron chi connectivity index (χ3n) is 4.09. The Kier molecular flexibility index (Phi) is 3.15. The highest BCUT2D eigenvalue weighted by Crippen LogP contribution is 2.44. The van der Waals surface area contributed by atoms with Gasteiger partial charge in [0.05, 0.1) is 23.5 Å². The summed E-state index contributed by atoms with van der Waals surface area (Å²) in [6.45, 7) is 0.559. The van der Waals surface area contributed by atoms with E-state index in [1.54, 1.807) is 10.6 Å². The van der Waals surface area contributed by atoms with E-state index < -0.39 is 24.5 Å². The SMILES string of the molecule is Cc1ncnn2c([C@@]3(C#N)CC[C@](CO)(CF)O3)ccc12. The van der Waals surface area contributed by atoms with Crippen molar-refractivity contribution < 1.29 is 14.2 Å². The summed E-state index contributed by atoms with van der Waals surface area (Å²) in [6, 6.07) is 5.68. The van der Waals surface area contributed by atoms with E-state index in [2.05, 4.69) is 16.2 Å². The van der Waals surface area contributed by atoms with E-state index in [1.165, 1.54) is 6.33 Å². The van der Waals surface area contributed by atoms with Crippen molar-refractivity contribution in [2.24, 2.45) is 0 Å². The zero-order valence-electron chi connectivity index (χ0n) is 11.6. The summed E-state index contributed by atoms with van der Waals surface area (Å²) in [4.78, 5) is 4.10. The van der Waals surface area contributed by atoms with Gasteiger partial charge in [0.2, 0.25) is 0 Å². The van der Waals surface area contributed by atoms with Gasteiger partial charge in [-0.05, 0) is 31.9 Å². The van der Waals surface area contributed by atoms with E-state index in [9.17, 15) is 14.8 Å². The molecule has 1 aliphatic rings. The summed E-state index contributed by atoms with van der Waals surface area (Å²) in [5.74, 6) is 0. The fraction of sp³-hybridized carbons (Fsp3) is 0.500. The number of aliphatic hydroxyl groups excluding tert-OH is 1. The number of alkyl halides is 1. The molecule has 0 saturated carbocycles. The molecule has 1 aliphatic heterocycles. The second-order valence-corrected chi connectivity index (χ2v) is 5.38. The summed E-state index contributed by atoms with van der Waals surface area (Å²) in [7, 11) is 0. The van der Waals surface area contributed by atoms with Crippen LogP contribution in [0.1, 0.15) is 24.2 Å². The molecule has 0 spiro atoms. The number of fused-ring (bicyclic) bond motifs is 1. The fourth-order valence-corrected chi connectivity index (χ4v) is 2.80. The second-order valence-electron chi connectivity index (χ2n) is 5.38.